The lowest BCUT2D eigenvalue weighted by Gasteiger charge is -2.42. The Morgan fingerprint density at radius 3 is 2.47 bits per heavy atom. The zero-order valence-corrected chi connectivity index (χ0v) is 12.7. The number of hydrogen-bond acceptors (Lipinski definition) is 3. The van der Waals surface area contributed by atoms with Crippen molar-refractivity contribution < 1.29 is 4.74 Å². The minimum absolute atomic E-state index is 0.0119. The third kappa shape index (κ3) is 2.60. The topological polar surface area (TPSA) is 38.5 Å². The third-order valence-corrected chi connectivity index (χ3v) is 4.70. The number of ether oxygens (including phenoxy) is 1. The van der Waals surface area contributed by atoms with Gasteiger partial charge in [0, 0.05) is 16.1 Å². The molecule has 1 aliphatic carbocycles. The molecule has 1 aromatic rings. The molecule has 0 bridgehead atoms. The summed E-state index contributed by atoms with van der Waals surface area (Å²) >= 11 is 6.12. The Morgan fingerprint density at radius 2 is 1.95 bits per heavy atom. The Bertz CT molecular complexity index is 442. The number of rotatable bonds is 4. The number of likely N-dealkylation sites (N-methyl/N-ethyl adjacent to an activating group) is 1. The van der Waals surface area contributed by atoms with E-state index < -0.39 is 0 Å². The van der Waals surface area contributed by atoms with Crippen LogP contribution in [0.15, 0.2) is 18.2 Å². The number of halogens is 1. The van der Waals surface area contributed by atoms with Crippen LogP contribution in [0.25, 0.3) is 0 Å². The Labute approximate surface area is 120 Å². The minimum Gasteiger partial charge on any atom is -0.496 e. The molecule has 1 aliphatic rings. The first-order valence-corrected chi connectivity index (χ1v) is 7.15. The highest BCUT2D eigenvalue weighted by molar-refractivity contribution is 6.30. The van der Waals surface area contributed by atoms with Gasteiger partial charge in [-0.15, -0.1) is 0 Å². The first-order valence-electron chi connectivity index (χ1n) is 6.78. The molecule has 19 heavy (non-hydrogen) atoms. The van der Waals surface area contributed by atoms with E-state index in [0.717, 1.165) is 24.2 Å². The molecule has 0 aromatic heterocycles. The molecule has 1 aromatic carbocycles. The van der Waals surface area contributed by atoms with Gasteiger partial charge in [0.25, 0.3) is 0 Å². The molecule has 1 unspecified atom stereocenters. The highest BCUT2D eigenvalue weighted by atomic mass is 35.5. The molecule has 2 N–H and O–H groups in total. The fourth-order valence-corrected chi connectivity index (χ4v) is 3.44. The minimum atomic E-state index is -0.0846. The van der Waals surface area contributed by atoms with E-state index in [2.05, 4.69) is 19.0 Å². The van der Waals surface area contributed by atoms with Crippen LogP contribution in [0.5, 0.6) is 5.75 Å². The van der Waals surface area contributed by atoms with E-state index in [4.69, 9.17) is 22.1 Å². The van der Waals surface area contributed by atoms with Crippen molar-refractivity contribution in [3.63, 3.8) is 0 Å². The zero-order chi connectivity index (χ0) is 14.0. The largest absolute Gasteiger partial charge is 0.496 e. The van der Waals surface area contributed by atoms with Crippen LogP contribution >= 0.6 is 11.6 Å². The van der Waals surface area contributed by atoms with Gasteiger partial charge in [-0.25, -0.2) is 0 Å². The second kappa shape index (κ2) is 5.70. The standard InChI is InChI=1S/C15H23ClN2O/c1-18(2)15(8-4-5-9-15)14(17)12-10-11(16)6-7-13(12)19-3/h6-7,10,14H,4-5,8-9,17H2,1-3H3. The zero-order valence-electron chi connectivity index (χ0n) is 11.9. The number of hydrogen-bond donors (Lipinski definition) is 1. The average molecular weight is 283 g/mol. The molecule has 0 radical (unpaired) electrons. The second-order valence-corrected chi connectivity index (χ2v) is 6.01. The summed E-state index contributed by atoms with van der Waals surface area (Å²) in [7, 11) is 5.90. The van der Waals surface area contributed by atoms with E-state index in [-0.39, 0.29) is 11.6 Å². The molecular formula is C15H23ClN2O. The van der Waals surface area contributed by atoms with Crippen LogP contribution in [0.3, 0.4) is 0 Å². The summed E-state index contributed by atoms with van der Waals surface area (Å²) in [6.07, 6.45) is 4.71. The van der Waals surface area contributed by atoms with E-state index in [0.29, 0.717) is 5.02 Å². The summed E-state index contributed by atoms with van der Waals surface area (Å²) in [6.45, 7) is 0. The summed E-state index contributed by atoms with van der Waals surface area (Å²) in [5.41, 5.74) is 7.62. The lowest BCUT2D eigenvalue weighted by atomic mass is 9.82. The van der Waals surface area contributed by atoms with Crippen LogP contribution < -0.4 is 10.5 Å². The predicted octanol–water partition coefficient (Wildman–Crippen LogP) is 3.22. The van der Waals surface area contributed by atoms with Crippen molar-refractivity contribution in [2.45, 2.75) is 37.3 Å². The fraction of sp³-hybridized carbons (Fsp3) is 0.600. The molecule has 0 amide bonds. The van der Waals surface area contributed by atoms with Gasteiger partial charge in [0.2, 0.25) is 0 Å². The normalized spacial score (nSPS) is 19.7. The molecule has 4 heteroatoms. The second-order valence-electron chi connectivity index (χ2n) is 5.57. The van der Waals surface area contributed by atoms with Gasteiger partial charge in [-0.1, -0.05) is 24.4 Å². The maximum atomic E-state index is 6.60. The molecule has 1 atom stereocenters. The summed E-state index contributed by atoms with van der Waals surface area (Å²) in [5.74, 6) is 0.824. The SMILES string of the molecule is COc1ccc(Cl)cc1C(N)C1(N(C)C)CCCC1. The van der Waals surface area contributed by atoms with Crippen LogP contribution in [0.4, 0.5) is 0 Å². The Morgan fingerprint density at radius 1 is 1.32 bits per heavy atom. The molecule has 2 rings (SSSR count). The predicted molar refractivity (Wildman–Crippen MR) is 79.8 cm³/mol. The molecule has 0 heterocycles. The monoisotopic (exact) mass is 282 g/mol. The van der Waals surface area contributed by atoms with E-state index in [1.54, 1.807) is 7.11 Å². The Kier molecular flexibility index (Phi) is 4.39. The highest BCUT2D eigenvalue weighted by Crippen LogP contribution is 2.44. The van der Waals surface area contributed by atoms with Gasteiger partial charge in [0.15, 0.2) is 0 Å². The molecule has 0 spiro atoms. The van der Waals surface area contributed by atoms with Crippen LogP contribution in [-0.4, -0.2) is 31.6 Å². The number of benzene rings is 1. The van der Waals surface area contributed by atoms with E-state index >= 15 is 0 Å². The first-order chi connectivity index (χ1) is 9.01. The molecular weight excluding hydrogens is 260 g/mol. The summed E-state index contributed by atoms with van der Waals surface area (Å²) in [6, 6.07) is 5.59. The van der Waals surface area contributed by atoms with Crippen molar-refractivity contribution in [1.82, 2.24) is 4.90 Å². The van der Waals surface area contributed by atoms with Gasteiger partial charge in [0.1, 0.15) is 5.75 Å². The van der Waals surface area contributed by atoms with E-state index in [1.807, 2.05) is 18.2 Å². The van der Waals surface area contributed by atoms with Gasteiger partial charge in [-0.2, -0.15) is 0 Å². The van der Waals surface area contributed by atoms with Gasteiger partial charge in [-0.3, -0.25) is 0 Å². The van der Waals surface area contributed by atoms with Gasteiger partial charge < -0.3 is 15.4 Å². The Hall–Kier alpha value is -0.770. The third-order valence-electron chi connectivity index (χ3n) is 4.47. The van der Waals surface area contributed by atoms with Crippen molar-refractivity contribution in [3.05, 3.63) is 28.8 Å². The molecule has 0 aliphatic heterocycles. The summed E-state index contributed by atoms with van der Waals surface area (Å²) in [4.78, 5) is 2.27. The maximum absolute atomic E-state index is 6.60. The lowest BCUT2D eigenvalue weighted by molar-refractivity contribution is 0.122. The van der Waals surface area contributed by atoms with Crippen molar-refractivity contribution in [2.24, 2.45) is 5.73 Å². The van der Waals surface area contributed by atoms with Gasteiger partial charge in [-0.05, 0) is 45.1 Å². The highest BCUT2D eigenvalue weighted by Gasteiger charge is 2.43. The van der Waals surface area contributed by atoms with Gasteiger partial charge in [0.05, 0.1) is 13.2 Å². The van der Waals surface area contributed by atoms with Crippen molar-refractivity contribution in [2.75, 3.05) is 21.2 Å². The lowest BCUT2D eigenvalue weighted by Crippen LogP contribution is -2.50. The quantitative estimate of drug-likeness (QED) is 0.921. The van der Waals surface area contributed by atoms with Crippen LogP contribution in [0, 0.1) is 0 Å². The number of nitrogens with two attached hydrogens (primary N) is 1. The van der Waals surface area contributed by atoms with Crippen molar-refractivity contribution in [3.8, 4) is 5.75 Å². The molecule has 106 valence electrons. The maximum Gasteiger partial charge on any atom is 0.123 e. The van der Waals surface area contributed by atoms with Crippen LogP contribution in [0.2, 0.25) is 5.02 Å². The number of methoxy groups -OCH3 is 1. The van der Waals surface area contributed by atoms with E-state index in [1.165, 1.54) is 12.8 Å². The van der Waals surface area contributed by atoms with Crippen LogP contribution in [0.1, 0.15) is 37.3 Å². The molecule has 3 nitrogen and oxygen atoms in total. The fourth-order valence-electron chi connectivity index (χ4n) is 3.26. The smallest absolute Gasteiger partial charge is 0.123 e. The molecule has 0 saturated heterocycles. The number of nitrogens with zero attached hydrogens (tertiary/aromatic N) is 1. The molecule has 1 saturated carbocycles. The molecule has 1 fully saturated rings. The van der Waals surface area contributed by atoms with E-state index in [9.17, 15) is 0 Å². The van der Waals surface area contributed by atoms with Crippen LogP contribution in [-0.2, 0) is 0 Å². The summed E-state index contributed by atoms with van der Waals surface area (Å²) < 4.78 is 5.45. The average Bonchev–Trinajstić information content (AvgIpc) is 2.88. The first kappa shape index (κ1) is 14.6. The Balaban J connectivity index is 2.42. The van der Waals surface area contributed by atoms with Crippen molar-refractivity contribution >= 4 is 11.6 Å². The van der Waals surface area contributed by atoms with Crippen molar-refractivity contribution in [1.29, 1.82) is 0 Å². The summed E-state index contributed by atoms with van der Waals surface area (Å²) in [5, 5.41) is 0.707. The van der Waals surface area contributed by atoms with Gasteiger partial charge >= 0.3 is 0 Å².